The van der Waals surface area contributed by atoms with Crippen LogP contribution in [0.15, 0.2) is 16.3 Å². The first kappa shape index (κ1) is 14.3. The maximum atomic E-state index is 12.6. The highest BCUT2D eigenvalue weighted by Gasteiger charge is 2.37. The van der Waals surface area contributed by atoms with Gasteiger partial charge in [-0.25, -0.2) is 8.42 Å². The fourth-order valence-electron chi connectivity index (χ4n) is 2.43. The highest BCUT2D eigenvalue weighted by Crippen LogP contribution is 2.32. The minimum atomic E-state index is -3.34. The summed E-state index contributed by atoms with van der Waals surface area (Å²) in [4.78, 5) is 1.30. The number of hydrogen-bond acceptors (Lipinski definition) is 3. The van der Waals surface area contributed by atoms with Crippen LogP contribution in [-0.4, -0.2) is 25.3 Å². The molecular weight excluding hydrogens is 290 g/mol. The Labute approximate surface area is 118 Å². The van der Waals surface area contributed by atoms with E-state index in [1.807, 2.05) is 0 Å². The van der Waals surface area contributed by atoms with E-state index in [-0.39, 0.29) is 6.04 Å². The Hall–Kier alpha value is -0.100. The third kappa shape index (κ3) is 2.59. The molecule has 1 aromatic rings. The molecule has 1 fully saturated rings. The Morgan fingerprint density at radius 1 is 1.56 bits per heavy atom. The van der Waals surface area contributed by atoms with Gasteiger partial charge in [0.15, 0.2) is 0 Å². The second-order valence-electron chi connectivity index (χ2n) is 4.95. The zero-order valence-corrected chi connectivity index (χ0v) is 13.0. The first-order chi connectivity index (χ1) is 8.46. The highest BCUT2D eigenvalue weighted by atomic mass is 35.5. The number of sulfonamides is 1. The summed E-state index contributed by atoms with van der Waals surface area (Å²) in [6.07, 6.45) is 1.91. The Morgan fingerprint density at radius 3 is 2.83 bits per heavy atom. The van der Waals surface area contributed by atoms with Gasteiger partial charge in [0.25, 0.3) is 0 Å². The number of halogens is 1. The molecule has 0 bridgehead atoms. The zero-order chi connectivity index (χ0) is 13.3. The van der Waals surface area contributed by atoms with Gasteiger partial charge >= 0.3 is 0 Å². The Kier molecular flexibility index (Phi) is 4.36. The van der Waals surface area contributed by atoms with E-state index in [9.17, 15) is 8.42 Å². The average Bonchev–Trinajstić information content (AvgIpc) is 2.98. The van der Waals surface area contributed by atoms with Crippen molar-refractivity contribution < 1.29 is 8.42 Å². The Balaban J connectivity index is 2.30. The number of nitrogens with zero attached hydrogens (tertiary/aromatic N) is 1. The smallest absolute Gasteiger partial charge is 0.207 e. The normalized spacial score (nSPS) is 21.9. The molecule has 0 N–H and O–H groups in total. The third-order valence-electron chi connectivity index (χ3n) is 3.39. The number of hydrogen-bond donors (Lipinski definition) is 0. The summed E-state index contributed by atoms with van der Waals surface area (Å²) in [6, 6.07) is 1.83. The molecule has 18 heavy (non-hydrogen) atoms. The molecule has 0 radical (unpaired) electrons. The van der Waals surface area contributed by atoms with Crippen molar-refractivity contribution in [1.82, 2.24) is 4.31 Å². The summed E-state index contributed by atoms with van der Waals surface area (Å²) in [5, 5.41) is 1.70. The van der Waals surface area contributed by atoms with Crippen LogP contribution in [0.25, 0.3) is 0 Å². The SMILES string of the molecule is CC(C)C1CCCN1S(=O)(=O)c1csc(CCl)c1. The summed E-state index contributed by atoms with van der Waals surface area (Å²) in [5.41, 5.74) is 0. The van der Waals surface area contributed by atoms with Crippen molar-refractivity contribution in [3.8, 4) is 0 Å². The molecule has 2 rings (SSSR count). The lowest BCUT2D eigenvalue weighted by Gasteiger charge is -2.26. The standard InChI is InChI=1S/C12H18ClNO2S2/c1-9(2)12-4-3-5-14(12)18(15,16)11-6-10(7-13)17-8-11/h6,8-9,12H,3-5,7H2,1-2H3. The van der Waals surface area contributed by atoms with E-state index >= 15 is 0 Å². The first-order valence-corrected chi connectivity index (χ1v) is 8.97. The van der Waals surface area contributed by atoms with Gasteiger partial charge in [-0.3, -0.25) is 0 Å². The Bertz CT molecular complexity index is 510. The molecule has 1 unspecified atom stereocenters. The van der Waals surface area contributed by atoms with Gasteiger partial charge in [0.05, 0.1) is 10.8 Å². The molecule has 2 heterocycles. The minimum Gasteiger partial charge on any atom is -0.207 e. The molecule has 1 aliphatic rings. The van der Waals surface area contributed by atoms with Crippen molar-refractivity contribution in [3.05, 3.63) is 16.3 Å². The average molecular weight is 308 g/mol. The van der Waals surface area contributed by atoms with Gasteiger partial charge in [-0.2, -0.15) is 4.31 Å². The molecule has 6 heteroatoms. The van der Waals surface area contributed by atoms with Gasteiger partial charge in [0.2, 0.25) is 10.0 Å². The molecule has 1 saturated heterocycles. The summed E-state index contributed by atoms with van der Waals surface area (Å²) < 4.78 is 26.8. The molecule has 0 aromatic carbocycles. The predicted molar refractivity (Wildman–Crippen MR) is 75.6 cm³/mol. The number of thiophene rings is 1. The molecule has 1 aliphatic heterocycles. The van der Waals surface area contributed by atoms with Crippen molar-refractivity contribution in [2.24, 2.45) is 5.92 Å². The van der Waals surface area contributed by atoms with Crippen LogP contribution < -0.4 is 0 Å². The summed E-state index contributed by atoms with van der Waals surface area (Å²) in [5.74, 6) is 0.724. The third-order valence-corrected chi connectivity index (χ3v) is 6.82. The Morgan fingerprint density at radius 2 is 2.28 bits per heavy atom. The van der Waals surface area contributed by atoms with Crippen LogP contribution >= 0.6 is 22.9 Å². The van der Waals surface area contributed by atoms with E-state index in [0.29, 0.717) is 23.2 Å². The zero-order valence-electron chi connectivity index (χ0n) is 10.6. The fraction of sp³-hybridized carbons (Fsp3) is 0.667. The van der Waals surface area contributed by atoms with E-state index in [2.05, 4.69) is 13.8 Å². The summed E-state index contributed by atoms with van der Waals surface area (Å²) >= 11 is 7.14. The predicted octanol–water partition coefficient (Wildman–Crippen LogP) is 3.30. The van der Waals surface area contributed by atoms with E-state index < -0.39 is 10.0 Å². The van der Waals surface area contributed by atoms with Crippen molar-refractivity contribution in [2.75, 3.05) is 6.54 Å². The largest absolute Gasteiger partial charge is 0.244 e. The molecule has 0 aliphatic carbocycles. The molecule has 0 spiro atoms. The van der Waals surface area contributed by atoms with Crippen molar-refractivity contribution in [3.63, 3.8) is 0 Å². The van der Waals surface area contributed by atoms with Gasteiger partial charge < -0.3 is 0 Å². The van der Waals surface area contributed by atoms with E-state index in [0.717, 1.165) is 17.7 Å². The van der Waals surface area contributed by atoms with Crippen molar-refractivity contribution in [1.29, 1.82) is 0 Å². The molecule has 3 nitrogen and oxygen atoms in total. The second-order valence-corrected chi connectivity index (χ2v) is 8.11. The lowest BCUT2D eigenvalue weighted by Crippen LogP contribution is -2.38. The van der Waals surface area contributed by atoms with Crippen LogP contribution in [0.4, 0.5) is 0 Å². The van der Waals surface area contributed by atoms with Crippen LogP contribution in [0.2, 0.25) is 0 Å². The van der Waals surface area contributed by atoms with Crippen LogP contribution in [0, 0.1) is 5.92 Å². The molecule has 1 aromatic heterocycles. The summed E-state index contributed by atoms with van der Waals surface area (Å²) in [6.45, 7) is 4.80. The second kappa shape index (κ2) is 5.49. The van der Waals surface area contributed by atoms with Gasteiger partial charge in [-0.1, -0.05) is 13.8 Å². The van der Waals surface area contributed by atoms with Crippen molar-refractivity contribution >= 4 is 33.0 Å². The topological polar surface area (TPSA) is 37.4 Å². The number of alkyl halides is 1. The molecule has 0 saturated carbocycles. The van der Waals surface area contributed by atoms with Gasteiger partial charge in [0, 0.05) is 22.8 Å². The fourth-order valence-corrected chi connectivity index (χ4v) is 5.63. The van der Waals surface area contributed by atoms with Crippen LogP contribution in [-0.2, 0) is 15.9 Å². The maximum absolute atomic E-state index is 12.6. The van der Waals surface area contributed by atoms with Crippen molar-refractivity contribution in [2.45, 2.75) is 43.5 Å². The lowest BCUT2D eigenvalue weighted by molar-refractivity contribution is 0.316. The monoisotopic (exact) mass is 307 g/mol. The summed E-state index contributed by atoms with van der Waals surface area (Å²) in [7, 11) is -3.34. The first-order valence-electron chi connectivity index (χ1n) is 6.12. The van der Waals surface area contributed by atoms with E-state index in [1.165, 1.54) is 11.3 Å². The highest BCUT2D eigenvalue weighted by molar-refractivity contribution is 7.89. The van der Waals surface area contributed by atoms with E-state index in [4.69, 9.17) is 11.6 Å². The molecule has 0 amide bonds. The lowest BCUT2D eigenvalue weighted by atomic mass is 10.0. The quantitative estimate of drug-likeness (QED) is 0.800. The van der Waals surface area contributed by atoms with Gasteiger partial charge in [-0.05, 0) is 24.8 Å². The molecule has 1 atom stereocenters. The molecular formula is C12H18ClNO2S2. The minimum absolute atomic E-state index is 0.134. The van der Waals surface area contributed by atoms with Gasteiger partial charge in [0.1, 0.15) is 0 Å². The van der Waals surface area contributed by atoms with Crippen LogP contribution in [0.1, 0.15) is 31.6 Å². The molecule has 102 valence electrons. The van der Waals surface area contributed by atoms with Crippen LogP contribution in [0.5, 0.6) is 0 Å². The van der Waals surface area contributed by atoms with Gasteiger partial charge in [-0.15, -0.1) is 22.9 Å². The van der Waals surface area contributed by atoms with E-state index in [1.54, 1.807) is 15.8 Å². The number of rotatable bonds is 4. The van der Waals surface area contributed by atoms with Crippen LogP contribution in [0.3, 0.4) is 0 Å². The maximum Gasteiger partial charge on any atom is 0.244 e.